The van der Waals surface area contributed by atoms with E-state index in [9.17, 15) is 4.79 Å². The maximum absolute atomic E-state index is 13.4. The van der Waals surface area contributed by atoms with Crippen molar-refractivity contribution in [2.45, 2.75) is 32.2 Å². The predicted octanol–water partition coefficient (Wildman–Crippen LogP) is 4.90. The summed E-state index contributed by atoms with van der Waals surface area (Å²) in [5, 5.41) is 9.67. The van der Waals surface area contributed by atoms with Crippen molar-refractivity contribution < 1.29 is 0 Å². The molecule has 1 aliphatic rings. The minimum Gasteiger partial charge on any atom is -0.341 e. The molecule has 0 aliphatic carbocycles. The van der Waals surface area contributed by atoms with Crippen LogP contribution < -0.4 is 10.5 Å². The Labute approximate surface area is 189 Å². The first-order chi connectivity index (χ1) is 15.2. The van der Waals surface area contributed by atoms with E-state index >= 15 is 0 Å². The molecule has 0 radical (unpaired) electrons. The van der Waals surface area contributed by atoms with Gasteiger partial charge in [0.15, 0.2) is 0 Å². The van der Waals surface area contributed by atoms with E-state index in [4.69, 9.17) is 0 Å². The summed E-state index contributed by atoms with van der Waals surface area (Å²) in [5.74, 6) is 1.40. The van der Waals surface area contributed by atoms with E-state index < -0.39 is 0 Å². The molecular weight excluding hydrogens is 454 g/mol. The number of anilines is 1. The van der Waals surface area contributed by atoms with Gasteiger partial charge in [0, 0.05) is 24.1 Å². The van der Waals surface area contributed by atoms with E-state index in [0.29, 0.717) is 17.7 Å². The Morgan fingerprint density at radius 2 is 1.74 bits per heavy atom. The zero-order valence-electron chi connectivity index (χ0n) is 17.2. The molecule has 0 amide bonds. The van der Waals surface area contributed by atoms with Crippen LogP contribution in [-0.2, 0) is 6.54 Å². The fourth-order valence-electron chi connectivity index (χ4n) is 4.27. The smallest absolute Gasteiger partial charge is 0.263 e. The zero-order valence-corrected chi connectivity index (χ0v) is 18.8. The van der Waals surface area contributed by atoms with Crippen LogP contribution in [0.5, 0.6) is 0 Å². The maximum atomic E-state index is 13.4. The molecule has 0 unspecified atom stereocenters. The lowest BCUT2D eigenvalue weighted by Crippen LogP contribution is -2.28. The van der Waals surface area contributed by atoms with Crippen molar-refractivity contribution in [1.82, 2.24) is 19.2 Å². The van der Waals surface area contributed by atoms with Gasteiger partial charge in [0.2, 0.25) is 11.7 Å². The molecule has 7 heteroatoms. The fraction of sp³-hybridized carbons (Fsp3) is 0.292. The largest absolute Gasteiger partial charge is 0.341 e. The topological polar surface area (TPSA) is 55.4 Å². The number of benzene rings is 2. The number of hydrogen-bond acceptors (Lipinski definition) is 4. The van der Waals surface area contributed by atoms with E-state index in [1.165, 1.54) is 12.8 Å². The highest BCUT2D eigenvalue weighted by Crippen LogP contribution is 2.24. The molecule has 31 heavy (non-hydrogen) atoms. The summed E-state index contributed by atoms with van der Waals surface area (Å²) in [6, 6.07) is 15.9. The highest BCUT2D eigenvalue weighted by atomic mass is 79.9. The quantitative estimate of drug-likeness (QED) is 0.419. The molecule has 2 aromatic carbocycles. The third-order valence-corrected chi connectivity index (χ3v) is 6.33. The van der Waals surface area contributed by atoms with E-state index in [1.54, 1.807) is 4.57 Å². The van der Waals surface area contributed by atoms with Crippen LogP contribution in [0.2, 0.25) is 0 Å². The second kappa shape index (κ2) is 8.67. The molecule has 1 saturated heterocycles. The van der Waals surface area contributed by atoms with Crippen LogP contribution in [-0.4, -0.2) is 32.3 Å². The highest BCUT2D eigenvalue weighted by Gasteiger charge is 2.21. The summed E-state index contributed by atoms with van der Waals surface area (Å²) in [5.41, 5.74) is 1.88. The van der Waals surface area contributed by atoms with Crippen LogP contribution in [0.4, 0.5) is 5.95 Å². The lowest BCUT2D eigenvalue weighted by atomic mass is 10.2. The Balaban J connectivity index is 1.66. The Hall–Kier alpha value is -2.93. The van der Waals surface area contributed by atoms with Gasteiger partial charge in [0.1, 0.15) is 0 Å². The van der Waals surface area contributed by atoms with Gasteiger partial charge in [-0.3, -0.25) is 9.36 Å². The van der Waals surface area contributed by atoms with Gasteiger partial charge in [-0.15, -0.1) is 10.2 Å². The third-order valence-electron chi connectivity index (χ3n) is 5.83. The average Bonchev–Trinajstić information content (AvgIpc) is 3.04. The summed E-state index contributed by atoms with van der Waals surface area (Å²) in [6.45, 7) is 2.36. The van der Waals surface area contributed by atoms with Crippen molar-refractivity contribution in [1.29, 1.82) is 0 Å². The minimum absolute atomic E-state index is 0.0590. The second-order valence-corrected chi connectivity index (χ2v) is 8.84. The van der Waals surface area contributed by atoms with E-state index in [2.05, 4.69) is 31.0 Å². The Bertz CT molecular complexity index is 1300. The molecule has 0 atom stereocenters. The number of aromatic nitrogens is 4. The summed E-state index contributed by atoms with van der Waals surface area (Å²) in [6.07, 6.45) is 8.82. The summed E-state index contributed by atoms with van der Waals surface area (Å²) < 4.78 is 4.64. The monoisotopic (exact) mass is 477 g/mol. The van der Waals surface area contributed by atoms with Crippen LogP contribution >= 0.6 is 15.9 Å². The Morgan fingerprint density at radius 3 is 2.52 bits per heavy atom. The first-order valence-electron chi connectivity index (χ1n) is 10.8. The predicted molar refractivity (Wildman–Crippen MR) is 129 cm³/mol. The third kappa shape index (κ3) is 3.90. The first kappa shape index (κ1) is 20.0. The molecule has 1 fully saturated rings. The van der Waals surface area contributed by atoms with Crippen LogP contribution in [0, 0.1) is 0 Å². The van der Waals surface area contributed by atoms with Gasteiger partial charge >= 0.3 is 0 Å². The standard InChI is InChI=1S/C24H24BrN5O/c25-19-12-13-21-20(17-19)22(31)29(16-8-11-18-9-4-3-5-10-18)24-27-26-23(30(21)24)28-14-6-1-2-7-15-28/h3-5,8-13,17H,1-2,6-7,14-16H2. The van der Waals surface area contributed by atoms with Gasteiger partial charge in [-0.05, 0) is 36.6 Å². The molecule has 4 aromatic rings. The number of allylic oxidation sites excluding steroid dienone is 1. The van der Waals surface area contributed by atoms with Crippen molar-refractivity contribution in [2.24, 2.45) is 0 Å². The minimum atomic E-state index is -0.0590. The van der Waals surface area contributed by atoms with Gasteiger partial charge in [-0.1, -0.05) is 71.3 Å². The van der Waals surface area contributed by atoms with Crippen LogP contribution in [0.25, 0.3) is 22.8 Å². The molecule has 0 N–H and O–H groups in total. The highest BCUT2D eigenvalue weighted by molar-refractivity contribution is 9.10. The molecule has 158 valence electrons. The zero-order chi connectivity index (χ0) is 21.2. The molecule has 0 bridgehead atoms. The Morgan fingerprint density at radius 1 is 0.968 bits per heavy atom. The van der Waals surface area contributed by atoms with Gasteiger partial charge < -0.3 is 4.90 Å². The van der Waals surface area contributed by atoms with Crippen molar-refractivity contribution in [3.63, 3.8) is 0 Å². The van der Waals surface area contributed by atoms with Gasteiger partial charge in [0.05, 0.1) is 10.9 Å². The molecule has 1 aliphatic heterocycles. The number of hydrogen-bond donors (Lipinski definition) is 0. The lowest BCUT2D eigenvalue weighted by molar-refractivity contribution is 0.726. The van der Waals surface area contributed by atoms with Gasteiger partial charge in [0.25, 0.3) is 5.56 Å². The molecule has 3 heterocycles. The number of nitrogens with zero attached hydrogens (tertiary/aromatic N) is 5. The normalized spacial score (nSPS) is 15.2. The van der Waals surface area contributed by atoms with Gasteiger partial charge in [-0.25, -0.2) is 4.40 Å². The number of fused-ring (bicyclic) bond motifs is 3. The first-order valence-corrected chi connectivity index (χ1v) is 11.6. The van der Waals surface area contributed by atoms with Crippen LogP contribution in [0.1, 0.15) is 31.2 Å². The van der Waals surface area contributed by atoms with Crippen LogP contribution in [0.3, 0.4) is 0 Å². The molecule has 2 aromatic heterocycles. The number of halogens is 1. The van der Waals surface area contributed by atoms with E-state index in [1.807, 2.05) is 65.1 Å². The maximum Gasteiger partial charge on any atom is 0.263 e. The van der Waals surface area contributed by atoms with Crippen molar-refractivity contribution in [3.8, 4) is 0 Å². The summed E-state index contributed by atoms with van der Waals surface area (Å²) >= 11 is 3.52. The average molecular weight is 478 g/mol. The van der Waals surface area contributed by atoms with Crippen molar-refractivity contribution >= 4 is 44.6 Å². The number of rotatable bonds is 4. The summed E-state index contributed by atoms with van der Waals surface area (Å²) in [4.78, 5) is 15.7. The summed E-state index contributed by atoms with van der Waals surface area (Å²) in [7, 11) is 0. The van der Waals surface area contributed by atoms with Crippen molar-refractivity contribution in [3.05, 3.63) is 75.0 Å². The molecule has 5 rings (SSSR count). The van der Waals surface area contributed by atoms with E-state index in [-0.39, 0.29) is 5.56 Å². The van der Waals surface area contributed by atoms with Gasteiger partial charge in [-0.2, -0.15) is 0 Å². The molecule has 0 saturated carbocycles. The lowest BCUT2D eigenvalue weighted by Gasteiger charge is -2.20. The Kier molecular flexibility index (Phi) is 5.59. The molecule has 0 spiro atoms. The van der Waals surface area contributed by atoms with Crippen molar-refractivity contribution in [2.75, 3.05) is 18.0 Å². The van der Waals surface area contributed by atoms with E-state index in [0.717, 1.165) is 47.4 Å². The molecule has 6 nitrogen and oxygen atoms in total. The fourth-order valence-corrected chi connectivity index (χ4v) is 4.63. The molecular formula is C24H24BrN5O. The van der Waals surface area contributed by atoms with Crippen LogP contribution in [0.15, 0.2) is 63.9 Å². The second-order valence-electron chi connectivity index (χ2n) is 7.93. The SMILES string of the molecule is O=c1c2cc(Br)ccc2n2c(N3CCCCCC3)nnc2n1CC=Cc1ccccc1.